The van der Waals surface area contributed by atoms with Crippen molar-refractivity contribution in [2.45, 2.75) is 39.8 Å². The summed E-state index contributed by atoms with van der Waals surface area (Å²) in [6.07, 6.45) is 1.16. The molecule has 84 valence electrons. The van der Waals surface area contributed by atoms with Crippen molar-refractivity contribution in [2.24, 2.45) is 0 Å². The van der Waals surface area contributed by atoms with E-state index >= 15 is 0 Å². The van der Waals surface area contributed by atoms with Gasteiger partial charge >= 0.3 is 0 Å². The molecule has 1 aromatic heterocycles. The molecule has 0 spiro atoms. The average Bonchev–Trinajstić information content (AvgIpc) is 2.57. The van der Waals surface area contributed by atoms with Crippen LogP contribution in [0.4, 0.5) is 11.5 Å². The van der Waals surface area contributed by atoms with Gasteiger partial charge in [0.05, 0.1) is 5.69 Å². The van der Waals surface area contributed by atoms with Gasteiger partial charge in [0.25, 0.3) is 0 Å². The Balaban J connectivity index is 2.44. The highest BCUT2D eigenvalue weighted by Crippen LogP contribution is 2.33. The first kappa shape index (κ1) is 10.3. The number of hydrogen-bond donors (Lipinski definition) is 1. The second-order valence-corrected chi connectivity index (χ2v) is 4.15. The molecule has 1 aliphatic rings. The highest BCUT2D eigenvalue weighted by atomic mass is 15.4. The van der Waals surface area contributed by atoms with Crippen molar-refractivity contribution in [2.75, 3.05) is 23.8 Å². The average molecular weight is 208 g/mol. The number of fused-ring (bicyclic) bond motifs is 1. The minimum atomic E-state index is 0.582. The van der Waals surface area contributed by atoms with Crippen molar-refractivity contribution in [3.05, 3.63) is 5.69 Å². The number of aryl methyl sites for hydroxylation is 2. The number of likely N-dealkylation sites (N-methyl/N-ethyl adjacent to an activating group) is 1. The van der Waals surface area contributed by atoms with E-state index in [9.17, 15) is 0 Å². The Morgan fingerprint density at radius 2 is 2.20 bits per heavy atom. The third-order valence-corrected chi connectivity index (χ3v) is 3.27. The highest BCUT2D eigenvalue weighted by molar-refractivity contribution is 5.71. The first-order valence-corrected chi connectivity index (χ1v) is 5.73. The fourth-order valence-electron chi connectivity index (χ4n) is 2.30. The van der Waals surface area contributed by atoms with Gasteiger partial charge in [0.15, 0.2) is 5.82 Å². The number of aromatic nitrogens is 2. The van der Waals surface area contributed by atoms with Gasteiger partial charge in [0.1, 0.15) is 5.69 Å². The van der Waals surface area contributed by atoms with Crippen LogP contribution >= 0.6 is 0 Å². The Labute approximate surface area is 91.3 Å². The molecule has 0 bridgehead atoms. The molecule has 1 N–H and O–H groups in total. The van der Waals surface area contributed by atoms with Crippen molar-refractivity contribution in [3.8, 4) is 0 Å². The SMILES string of the molecule is CCC1CNc2c(C)nn(CC)c2N1C. The topological polar surface area (TPSA) is 33.1 Å². The van der Waals surface area contributed by atoms with Crippen LogP contribution in [0.3, 0.4) is 0 Å². The van der Waals surface area contributed by atoms with E-state index in [-0.39, 0.29) is 0 Å². The van der Waals surface area contributed by atoms with Crippen LogP contribution in [0.5, 0.6) is 0 Å². The number of hydrogen-bond acceptors (Lipinski definition) is 3. The van der Waals surface area contributed by atoms with Crippen molar-refractivity contribution >= 4 is 11.5 Å². The van der Waals surface area contributed by atoms with Gasteiger partial charge in [-0.3, -0.25) is 0 Å². The van der Waals surface area contributed by atoms with Crippen LogP contribution in [0, 0.1) is 6.92 Å². The van der Waals surface area contributed by atoms with Gasteiger partial charge in [0.2, 0.25) is 0 Å². The standard InChI is InChI=1S/C11H20N4/c1-5-9-7-12-10-8(3)13-15(6-2)11(10)14(9)4/h9,12H,5-7H2,1-4H3. The van der Waals surface area contributed by atoms with E-state index < -0.39 is 0 Å². The van der Waals surface area contributed by atoms with Crippen molar-refractivity contribution in [1.29, 1.82) is 0 Å². The molecular formula is C11H20N4. The van der Waals surface area contributed by atoms with Gasteiger partial charge in [-0.2, -0.15) is 5.10 Å². The van der Waals surface area contributed by atoms with Crippen LogP contribution in [0.1, 0.15) is 26.0 Å². The predicted octanol–water partition coefficient (Wildman–Crippen LogP) is 1.85. The maximum Gasteiger partial charge on any atom is 0.150 e. The fourth-order valence-corrected chi connectivity index (χ4v) is 2.30. The molecule has 15 heavy (non-hydrogen) atoms. The van der Waals surface area contributed by atoms with E-state index in [1.54, 1.807) is 0 Å². The minimum absolute atomic E-state index is 0.582. The Kier molecular flexibility index (Phi) is 2.59. The van der Waals surface area contributed by atoms with Crippen LogP contribution in [-0.4, -0.2) is 29.4 Å². The third-order valence-electron chi connectivity index (χ3n) is 3.27. The molecule has 0 fully saturated rings. The highest BCUT2D eigenvalue weighted by Gasteiger charge is 2.27. The minimum Gasteiger partial charge on any atom is -0.378 e. The number of anilines is 2. The Hall–Kier alpha value is -1.19. The summed E-state index contributed by atoms with van der Waals surface area (Å²) in [5, 5.41) is 8.03. The second-order valence-electron chi connectivity index (χ2n) is 4.15. The summed E-state index contributed by atoms with van der Waals surface area (Å²) in [7, 11) is 2.17. The molecule has 2 rings (SSSR count). The van der Waals surface area contributed by atoms with E-state index in [4.69, 9.17) is 0 Å². The van der Waals surface area contributed by atoms with Gasteiger partial charge < -0.3 is 10.2 Å². The normalized spacial score (nSPS) is 20.0. The molecule has 1 aromatic rings. The summed E-state index contributed by atoms with van der Waals surface area (Å²) < 4.78 is 2.08. The van der Waals surface area contributed by atoms with Crippen LogP contribution in [0.15, 0.2) is 0 Å². The van der Waals surface area contributed by atoms with Crippen LogP contribution in [0.2, 0.25) is 0 Å². The molecule has 0 saturated carbocycles. The predicted molar refractivity (Wildman–Crippen MR) is 63.6 cm³/mol. The van der Waals surface area contributed by atoms with E-state index in [2.05, 4.69) is 47.8 Å². The molecule has 0 saturated heterocycles. The van der Waals surface area contributed by atoms with E-state index in [0.29, 0.717) is 6.04 Å². The molecule has 1 atom stereocenters. The maximum atomic E-state index is 4.54. The zero-order chi connectivity index (χ0) is 11.0. The van der Waals surface area contributed by atoms with E-state index in [0.717, 1.165) is 25.2 Å². The lowest BCUT2D eigenvalue weighted by Gasteiger charge is -2.35. The van der Waals surface area contributed by atoms with E-state index in [1.807, 2.05) is 0 Å². The maximum absolute atomic E-state index is 4.54. The quantitative estimate of drug-likeness (QED) is 0.805. The molecule has 0 aliphatic carbocycles. The molecule has 0 amide bonds. The van der Waals surface area contributed by atoms with Crippen LogP contribution < -0.4 is 10.2 Å². The van der Waals surface area contributed by atoms with Crippen molar-refractivity contribution in [1.82, 2.24) is 9.78 Å². The Morgan fingerprint density at radius 1 is 1.47 bits per heavy atom. The third kappa shape index (κ3) is 1.48. The molecular weight excluding hydrogens is 188 g/mol. The van der Waals surface area contributed by atoms with E-state index in [1.165, 1.54) is 11.5 Å². The molecule has 4 nitrogen and oxygen atoms in total. The van der Waals surface area contributed by atoms with Gasteiger partial charge in [-0.25, -0.2) is 4.68 Å². The number of nitrogens with one attached hydrogen (secondary N) is 1. The van der Waals surface area contributed by atoms with Gasteiger partial charge in [0, 0.05) is 26.2 Å². The molecule has 0 aromatic carbocycles. The van der Waals surface area contributed by atoms with Gasteiger partial charge in [-0.1, -0.05) is 6.92 Å². The Bertz CT molecular complexity index is 356. The van der Waals surface area contributed by atoms with Gasteiger partial charge in [-0.05, 0) is 20.3 Å². The summed E-state index contributed by atoms with van der Waals surface area (Å²) in [5.41, 5.74) is 2.32. The lowest BCUT2D eigenvalue weighted by molar-refractivity contribution is 0.577. The largest absolute Gasteiger partial charge is 0.378 e. The summed E-state index contributed by atoms with van der Waals surface area (Å²) in [5.74, 6) is 1.24. The summed E-state index contributed by atoms with van der Waals surface area (Å²) in [6.45, 7) is 8.39. The summed E-state index contributed by atoms with van der Waals surface area (Å²) >= 11 is 0. The molecule has 1 unspecified atom stereocenters. The lowest BCUT2D eigenvalue weighted by atomic mass is 10.1. The van der Waals surface area contributed by atoms with Gasteiger partial charge in [-0.15, -0.1) is 0 Å². The molecule has 1 aliphatic heterocycles. The fraction of sp³-hybridized carbons (Fsp3) is 0.727. The monoisotopic (exact) mass is 208 g/mol. The molecule has 0 radical (unpaired) electrons. The number of nitrogens with zero attached hydrogens (tertiary/aromatic N) is 3. The zero-order valence-corrected chi connectivity index (χ0v) is 10.0. The zero-order valence-electron chi connectivity index (χ0n) is 10.0. The van der Waals surface area contributed by atoms with Crippen molar-refractivity contribution in [3.63, 3.8) is 0 Å². The summed E-state index contributed by atoms with van der Waals surface area (Å²) in [6, 6.07) is 0.582. The second kappa shape index (κ2) is 3.76. The first-order chi connectivity index (χ1) is 7.19. The van der Waals surface area contributed by atoms with Crippen LogP contribution in [-0.2, 0) is 6.54 Å². The summed E-state index contributed by atoms with van der Waals surface area (Å²) in [4.78, 5) is 2.36. The first-order valence-electron chi connectivity index (χ1n) is 5.73. The molecule has 2 heterocycles. The van der Waals surface area contributed by atoms with Crippen molar-refractivity contribution < 1.29 is 0 Å². The number of rotatable bonds is 2. The Morgan fingerprint density at radius 3 is 2.80 bits per heavy atom. The van der Waals surface area contributed by atoms with Crippen LogP contribution in [0.25, 0.3) is 0 Å². The smallest absolute Gasteiger partial charge is 0.150 e. The lowest BCUT2D eigenvalue weighted by Crippen LogP contribution is -2.41. The molecule has 4 heteroatoms.